The monoisotopic (exact) mass is 431 g/mol. The fourth-order valence-electron chi connectivity index (χ4n) is 3.45. The molecule has 0 saturated carbocycles. The lowest BCUT2D eigenvalue weighted by molar-refractivity contribution is 0.0689. The van der Waals surface area contributed by atoms with Crippen LogP contribution in [-0.2, 0) is 6.42 Å². The second-order valence-electron chi connectivity index (χ2n) is 7.22. The van der Waals surface area contributed by atoms with Gasteiger partial charge in [-0.15, -0.1) is 0 Å². The van der Waals surface area contributed by atoms with E-state index in [2.05, 4.69) is 10.1 Å². The van der Waals surface area contributed by atoms with Gasteiger partial charge in [-0.2, -0.15) is 4.98 Å². The summed E-state index contributed by atoms with van der Waals surface area (Å²) in [6.07, 6.45) is 0.448. The zero-order chi connectivity index (χ0) is 21.6. The Morgan fingerprint density at radius 3 is 2.42 bits per heavy atom. The number of amides is 1. The predicted molar refractivity (Wildman–Crippen MR) is 121 cm³/mol. The van der Waals surface area contributed by atoms with Gasteiger partial charge in [0.2, 0.25) is 11.7 Å². The van der Waals surface area contributed by atoms with Crippen LogP contribution in [0.15, 0.2) is 89.5 Å². The summed E-state index contributed by atoms with van der Waals surface area (Å²) >= 11 is 6.06. The highest BCUT2D eigenvalue weighted by Crippen LogP contribution is 2.24. The minimum Gasteiger partial charge on any atom is -0.339 e. The van der Waals surface area contributed by atoms with E-state index in [1.165, 1.54) is 0 Å². The number of hydrogen-bond donors (Lipinski definition) is 0. The second-order valence-corrected chi connectivity index (χ2v) is 7.66. The molecule has 0 fully saturated rings. The summed E-state index contributed by atoms with van der Waals surface area (Å²) < 4.78 is 5.44. The van der Waals surface area contributed by atoms with Crippen molar-refractivity contribution in [1.29, 1.82) is 0 Å². The molecule has 1 amide bonds. The first-order chi connectivity index (χ1) is 15.1. The molecule has 1 heterocycles. The van der Waals surface area contributed by atoms with E-state index in [1.54, 1.807) is 12.1 Å². The molecule has 3 aromatic carbocycles. The number of carbonyl (C=O) groups is 1. The molecule has 4 rings (SSSR count). The Hall–Kier alpha value is -3.44. The summed E-state index contributed by atoms with van der Waals surface area (Å²) in [5, 5.41) is 4.67. The Labute approximate surface area is 186 Å². The van der Waals surface area contributed by atoms with E-state index in [9.17, 15) is 4.79 Å². The van der Waals surface area contributed by atoms with E-state index < -0.39 is 0 Å². The van der Waals surface area contributed by atoms with Crippen molar-refractivity contribution in [3.63, 3.8) is 0 Å². The van der Waals surface area contributed by atoms with Crippen LogP contribution in [-0.4, -0.2) is 27.5 Å². The van der Waals surface area contributed by atoms with Gasteiger partial charge in [0.05, 0.1) is 6.04 Å². The van der Waals surface area contributed by atoms with Crippen molar-refractivity contribution in [2.45, 2.75) is 19.4 Å². The second kappa shape index (κ2) is 9.58. The lowest BCUT2D eigenvalue weighted by atomic mass is 10.1. The molecule has 0 aliphatic rings. The van der Waals surface area contributed by atoms with Gasteiger partial charge >= 0.3 is 0 Å². The smallest absolute Gasteiger partial charge is 0.254 e. The molecule has 31 heavy (non-hydrogen) atoms. The molecule has 0 unspecified atom stereocenters. The molecule has 156 valence electrons. The normalized spacial score (nSPS) is 11.8. The molecule has 0 bridgehead atoms. The van der Waals surface area contributed by atoms with E-state index in [0.29, 0.717) is 35.3 Å². The van der Waals surface area contributed by atoms with Gasteiger partial charge < -0.3 is 9.42 Å². The largest absolute Gasteiger partial charge is 0.339 e. The summed E-state index contributed by atoms with van der Waals surface area (Å²) in [6.45, 7) is 2.47. The average molecular weight is 432 g/mol. The summed E-state index contributed by atoms with van der Waals surface area (Å²) in [7, 11) is 0. The first kappa shape index (κ1) is 20.8. The molecular weight excluding hydrogens is 410 g/mol. The first-order valence-corrected chi connectivity index (χ1v) is 10.5. The Morgan fingerprint density at radius 2 is 1.71 bits per heavy atom. The summed E-state index contributed by atoms with van der Waals surface area (Å²) in [5.74, 6) is 0.919. The van der Waals surface area contributed by atoms with Gasteiger partial charge in [-0.25, -0.2) is 0 Å². The SMILES string of the molecule is C[C@@H](c1ccccc1)N(CCc1nc(-c2cccc(Cl)c2)no1)C(=O)c1ccccc1. The first-order valence-electron chi connectivity index (χ1n) is 10.1. The third-order valence-electron chi connectivity index (χ3n) is 5.15. The molecule has 1 aromatic heterocycles. The maximum atomic E-state index is 13.3. The molecular formula is C25H22ClN3O2. The third kappa shape index (κ3) is 5.01. The molecule has 0 saturated heterocycles. The van der Waals surface area contributed by atoms with Gasteiger partial charge in [0.15, 0.2) is 0 Å². The Bertz CT molecular complexity index is 1150. The lowest BCUT2D eigenvalue weighted by Gasteiger charge is -2.29. The number of hydrogen-bond acceptors (Lipinski definition) is 4. The molecule has 0 radical (unpaired) electrons. The van der Waals surface area contributed by atoms with Crippen LogP contribution in [0.3, 0.4) is 0 Å². The summed E-state index contributed by atoms with van der Waals surface area (Å²) in [4.78, 5) is 19.6. The van der Waals surface area contributed by atoms with Crippen LogP contribution in [0.4, 0.5) is 0 Å². The van der Waals surface area contributed by atoms with Gasteiger partial charge in [0, 0.05) is 29.1 Å². The Balaban J connectivity index is 1.54. The topological polar surface area (TPSA) is 59.2 Å². The van der Waals surface area contributed by atoms with Gasteiger partial charge in [-0.1, -0.05) is 77.4 Å². The predicted octanol–water partition coefficient (Wildman–Crippen LogP) is 5.84. The zero-order valence-corrected chi connectivity index (χ0v) is 17.9. The molecule has 5 nitrogen and oxygen atoms in total. The minimum atomic E-state index is -0.107. The molecule has 1 atom stereocenters. The maximum absolute atomic E-state index is 13.3. The van der Waals surface area contributed by atoms with Crippen LogP contribution in [0.2, 0.25) is 5.02 Å². The van der Waals surface area contributed by atoms with Gasteiger partial charge in [-0.3, -0.25) is 4.79 Å². The van der Waals surface area contributed by atoms with Crippen molar-refractivity contribution in [1.82, 2.24) is 15.0 Å². The van der Waals surface area contributed by atoms with Crippen molar-refractivity contribution in [2.75, 3.05) is 6.54 Å². The molecule has 0 N–H and O–H groups in total. The summed E-state index contributed by atoms with van der Waals surface area (Å²) in [6, 6.07) is 26.5. The highest BCUT2D eigenvalue weighted by molar-refractivity contribution is 6.30. The van der Waals surface area contributed by atoms with Crippen LogP contribution in [0.5, 0.6) is 0 Å². The number of halogens is 1. The van der Waals surface area contributed by atoms with Gasteiger partial charge in [0.1, 0.15) is 0 Å². The number of aromatic nitrogens is 2. The third-order valence-corrected chi connectivity index (χ3v) is 5.38. The lowest BCUT2D eigenvalue weighted by Crippen LogP contribution is -2.35. The maximum Gasteiger partial charge on any atom is 0.254 e. The van der Waals surface area contributed by atoms with E-state index in [0.717, 1.165) is 11.1 Å². The van der Waals surface area contributed by atoms with Crippen molar-refractivity contribution in [3.05, 3.63) is 107 Å². The van der Waals surface area contributed by atoms with Crippen molar-refractivity contribution >= 4 is 17.5 Å². The van der Waals surface area contributed by atoms with Crippen LogP contribution >= 0.6 is 11.6 Å². The number of carbonyl (C=O) groups excluding carboxylic acids is 1. The van der Waals surface area contributed by atoms with Crippen LogP contribution < -0.4 is 0 Å². The minimum absolute atomic E-state index is 0.0356. The number of rotatable bonds is 7. The van der Waals surface area contributed by atoms with Crippen LogP contribution in [0.1, 0.15) is 34.8 Å². The van der Waals surface area contributed by atoms with E-state index in [1.807, 2.05) is 84.6 Å². The van der Waals surface area contributed by atoms with Gasteiger partial charge in [0.25, 0.3) is 5.91 Å². The fraction of sp³-hybridized carbons (Fsp3) is 0.160. The Kier molecular flexibility index (Phi) is 6.43. The highest BCUT2D eigenvalue weighted by Gasteiger charge is 2.23. The average Bonchev–Trinajstić information content (AvgIpc) is 3.29. The quantitative estimate of drug-likeness (QED) is 0.369. The molecule has 6 heteroatoms. The van der Waals surface area contributed by atoms with Crippen molar-refractivity contribution in [3.8, 4) is 11.4 Å². The summed E-state index contributed by atoms with van der Waals surface area (Å²) in [5.41, 5.74) is 2.50. The van der Waals surface area contributed by atoms with Gasteiger partial charge in [-0.05, 0) is 36.8 Å². The molecule has 0 spiro atoms. The zero-order valence-electron chi connectivity index (χ0n) is 17.1. The Morgan fingerprint density at radius 1 is 1.00 bits per heavy atom. The highest BCUT2D eigenvalue weighted by atomic mass is 35.5. The molecule has 4 aromatic rings. The van der Waals surface area contributed by atoms with E-state index >= 15 is 0 Å². The fourth-order valence-corrected chi connectivity index (χ4v) is 3.64. The number of nitrogens with zero attached hydrogens (tertiary/aromatic N) is 3. The van der Waals surface area contributed by atoms with Crippen molar-refractivity contribution < 1.29 is 9.32 Å². The molecule has 0 aliphatic carbocycles. The standard InChI is InChI=1S/C25H22ClN3O2/c1-18(19-9-4-2-5-10-19)29(25(30)20-11-6-3-7-12-20)16-15-23-27-24(28-31-23)21-13-8-14-22(26)17-21/h2-14,17-18H,15-16H2,1H3/t18-/m0/s1. The van der Waals surface area contributed by atoms with Crippen LogP contribution in [0.25, 0.3) is 11.4 Å². The number of benzene rings is 3. The molecule has 0 aliphatic heterocycles. The van der Waals surface area contributed by atoms with Crippen molar-refractivity contribution in [2.24, 2.45) is 0 Å². The van der Waals surface area contributed by atoms with E-state index in [-0.39, 0.29) is 11.9 Å². The van der Waals surface area contributed by atoms with Crippen LogP contribution in [0, 0.1) is 0 Å². The van der Waals surface area contributed by atoms with E-state index in [4.69, 9.17) is 16.1 Å².